The Balaban J connectivity index is 1.26. The highest BCUT2D eigenvalue weighted by Gasteiger charge is 2.57. The van der Waals surface area contributed by atoms with Gasteiger partial charge < -0.3 is 34.6 Å². The number of para-hydroxylation sites is 1. The number of ether oxygens (including phenoxy) is 1. The molecule has 210 valence electrons. The molecule has 7 rings (SSSR count). The second-order valence-corrected chi connectivity index (χ2v) is 11.1. The largest absolute Gasteiger partial charge is 0.494 e. The molecule has 3 N–H and O–H groups in total. The summed E-state index contributed by atoms with van der Waals surface area (Å²) in [6.07, 6.45) is 3.76. The first-order valence-electron chi connectivity index (χ1n) is 13.7. The first-order chi connectivity index (χ1) is 19.8. The maximum absolute atomic E-state index is 6.61. The molecule has 5 aromatic rings. The van der Waals surface area contributed by atoms with Crippen molar-refractivity contribution in [3.63, 3.8) is 0 Å². The van der Waals surface area contributed by atoms with Crippen molar-refractivity contribution < 1.29 is 9.15 Å². The van der Waals surface area contributed by atoms with E-state index < -0.39 is 0 Å². The molecule has 0 amide bonds. The lowest BCUT2D eigenvalue weighted by molar-refractivity contribution is 0.360. The van der Waals surface area contributed by atoms with Crippen molar-refractivity contribution in [2.45, 2.75) is 13.0 Å². The third-order valence-corrected chi connectivity index (χ3v) is 8.45. The molecule has 1 unspecified atom stereocenters. The van der Waals surface area contributed by atoms with Crippen LogP contribution in [0.1, 0.15) is 5.89 Å². The quantitative estimate of drug-likeness (QED) is 0.283. The number of methoxy groups -OCH3 is 1. The summed E-state index contributed by atoms with van der Waals surface area (Å²) >= 11 is 0. The van der Waals surface area contributed by atoms with Crippen LogP contribution in [-0.2, 0) is 7.05 Å². The van der Waals surface area contributed by atoms with E-state index in [0.29, 0.717) is 64.0 Å². The molecular formula is C30H33N9O2. The summed E-state index contributed by atoms with van der Waals surface area (Å²) in [6.45, 7) is 4.02. The summed E-state index contributed by atoms with van der Waals surface area (Å²) in [5.41, 5.74) is 12.3. The van der Waals surface area contributed by atoms with E-state index in [0.717, 1.165) is 35.2 Å². The van der Waals surface area contributed by atoms with Gasteiger partial charge in [-0.15, -0.1) is 10.2 Å². The number of likely N-dealkylation sites (tertiary alicyclic amines) is 1. The van der Waals surface area contributed by atoms with E-state index >= 15 is 0 Å². The van der Waals surface area contributed by atoms with Crippen LogP contribution in [0.4, 0.5) is 23.0 Å². The molecule has 11 nitrogen and oxygen atoms in total. The standard InChI is InChI=1S/C30H33N9O2/c1-16-35-36-29(41-16)18-12-32-30(34-27(18)19-15-38(3)24-9-7-6-8-17(19)24)33-23-10-22(31)25(11-26(23)40-5)39(4)28-20-13-37(2)14-21(20)28/h6-12,15,20-21,28H,13-14,31H2,1-5H3,(H,32,33,34)/t20-,21?,28+/m0/s1. The Morgan fingerprint density at radius 2 is 1.88 bits per heavy atom. The van der Waals surface area contributed by atoms with Gasteiger partial charge in [-0.25, -0.2) is 9.97 Å². The third kappa shape index (κ3) is 4.24. The van der Waals surface area contributed by atoms with Crippen molar-refractivity contribution in [3.8, 4) is 28.5 Å². The van der Waals surface area contributed by atoms with E-state index in [2.05, 4.69) is 67.3 Å². The predicted octanol–water partition coefficient (Wildman–Crippen LogP) is 4.32. The number of piperidine rings is 1. The number of anilines is 4. The van der Waals surface area contributed by atoms with E-state index in [-0.39, 0.29) is 0 Å². The predicted molar refractivity (Wildman–Crippen MR) is 159 cm³/mol. The fraction of sp³-hybridized carbons (Fsp3) is 0.333. The number of hydrogen-bond donors (Lipinski definition) is 2. The molecule has 1 saturated carbocycles. The topological polar surface area (TPSA) is 123 Å². The Morgan fingerprint density at radius 3 is 2.61 bits per heavy atom. The number of aryl methyl sites for hydroxylation is 2. The smallest absolute Gasteiger partial charge is 0.251 e. The average molecular weight is 552 g/mol. The monoisotopic (exact) mass is 551 g/mol. The van der Waals surface area contributed by atoms with Crippen LogP contribution in [0.25, 0.3) is 33.6 Å². The normalized spacial score (nSPS) is 19.9. The molecule has 4 heterocycles. The SMILES string of the molecule is COc1cc(N(C)[C@H]2C3CN(C)C[C@@H]32)c(N)cc1Nc1ncc(-c2nnc(C)o2)c(-c2cn(C)c3ccccc23)n1. The van der Waals surface area contributed by atoms with Crippen molar-refractivity contribution in [2.75, 3.05) is 50.2 Å². The molecule has 0 radical (unpaired) electrons. The molecule has 2 fully saturated rings. The van der Waals surface area contributed by atoms with Gasteiger partial charge in [-0.3, -0.25) is 0 Å². The van der Waals surface area contributed by atoms with Gasteiger partial charge in [0.05, 0.1) is 35.4 Å². The van der Waals surface area contributed by atoms with E-state index in [4.69, 9.17) is 19.9 Å². The zero-order valence-electron chi connectivity index (χ0n) is 23.8. The lowest BCUT2D eigenvalue weighted by Gasteiger charge is -2.26. The van der Waals surface area contributed by atoms with Crippen molar-refractivity contribution in [1.29, 1.82) is 0 Å². The van der Waals surface area contributed by atoms with Gasteiger partial charge in [0, 0.05) is 75.1 Å². The van der Waals surface area contributed by atoms with E-state index in [9.17, 15) is 0 Å². The average Bonchev–Trinajstić information content (AvgIpc) is 3.27. The summed E-state index contributed by atoms with van der Waals surface area (Å²) in [7, 11) is 7.98. The summed E-state index contributed by atoms with van der Waals surface area (Å²) in [5, 5.41) is 12.7. The van der Waals surface area contributed by atoms with E-state index in [1.807, 2.05) is 31.3 Å². The molecular weight excluding hydrogens is 518 g/mol. The van der Waals surface area contributed by atoms with Crippen LogP contribution in [0.5, 0.6) is 5.75 Å². The van der Waals surface area contributed by atoms with Crippen molar-refractivity contribution in [1.82, 2.24) is 29.6 Å². The number of nitrogen functional groups attached to an aromatic ring is 1. The summed E-state index contributed by atoms with van der Waals surface area (Å²) in [4.78, 5) is 14.3. The number of nitrogens with two attached hydrogens (primary N) is 1. The minimum atomic E-state index is 0.363. The number of benzene rings is 2. The molecule has 1 aliphatic carbocycles. The number of aromatic nitrogens is 5. The highest BCUT2D eigenvalue weighted by molar-refractivity contribution is 5.98. The van der Waals surface area contributed by atoms with Gasteiger partial charge in [-0.1, -0.05) is 18.2 Å². The fourth-order valence-corrected chi connectivity index (χ4v) is 6.46. The Labute approximate surface area is 238 Å². The highest BCUT2D eigenvalue weighted by atomic mass is 16.5. The second-order valence-electron chi connectivity index (χ2n) is 11.1. The lowest BCUT2D eigenvalue weighted by atomic mass is 10.1. The van der Waals surface area contributed by atoms with Crippen LogP contribution in [-0.4, -0.2) is 70.0 Å². The van der Waals surface area contributed by atoms with Crippen LogP contribution in [0.15, 0.2) is 53.2 Å². The van der Waals surface area contributed by atoms with Crippen LogP contribution in [0, 0.1) is 18.8 Å². The van der Waals surface area contributed by atoms with Gasteiger partial charge in [-0.05, 0) is 31.0 Å². The van der Waals surface area contributed by atoms with Crippen LogP contribution in [0.3, 0.4) is 0 Å². The molecule has 41 heavy (non-hydrogen) atoms. The minimum absolute atomic E-state index is 0.363. The maximum Gasteiger partial charge on any atom is 0.251 e. The Kier molecular flexibility index (Phi) is 5.86. The maximum atomic E-state index is 6.61. The second kappa shape index (κ2) is 9.48. The molecule has 11 heteroatoms. The number of nitrogens with zero attached hydrogens (tertiary/aromatic N) is 7. The molecule has 1 saturated heterocycles. The number of nitrogens with one attached hydrogen (secondary N) is 1. The molecule has 2 aromatic carbocycles. The molecule has 3 atom stereocenters. The van der Waals surface area contributed by atoms with Gasteiger partial charge in [0.25, 0.3) is 5.89 Å². The van der Waals surface area contributed by atoms with Gasteiger partial charge in [-0.2, -0.15) is 0 Å². The molecule has 3 aromatic heterocycles. The molecule has 0 bridgehead atoms. The zero-order valence-corrected chi connectivity index (χ0v) is 23.8. The molecule has 0 spiro atoms. The molecule has 1 aliphatic heterocycles. The van der Waals surface area contributed by atoms with E-state index in [1.165, 1.54) is 0 Å². The van der Waals surface area contributed by atoms with Gasteiger partial charge >= 0.3 is 0 Å². The number of fused-ring (bicyclic) bond motifs is 2. The van der Waals surface area contributed by atoms with Crippen molar-refractivity contribution in [2.24, 2.45) is 18.9 Å². The van der Waals surface area contributed by atoms with Gasteiger partial charge in [0.1, 0.15) is 5.75 Å². The van der Waals surface area contributed by atoms with E-state index in [1.54, 1.807) is 20.2 Å². The highest BCUT2D eigenvalue weighted by Crippen LogP contribution is 2.50. The Bertz CT molecular complexity index is 1770. The third-order valence-electron chi connectivity index (χ3n) is 8.45. The van der Waals surface area contributed by atoms with Gasteiger partial charge in [0.15, 0.2) is 0 Å². The van der Waals surface area contributed by atoms with Crippen molar-refractivity contribution >= 4 is 33.9 Å². The Hall–Kier alpha value is -4.64. The van der Waals surface area contributed by atoms with Gasteiger partial charge in [0.2, 0.25) is 11.8 Å². The van der Waals surface area contributed by atoms with Crippen LogP contribution >= 0.6 is 0 Å². The number of hydrogen-bond acceptors (Lipinski definition) is 10. The van der Waals surface area contributed by atoms with Crippen LogP contribution < -0.4 is 20.7 Å². The lowest BCUT2D eigenvalue weighted by Crippen LogP contribution is -2.31. The summed E-state index contributed by atoms with van der Waals surface area (Å²) < 4.78 is 13.7. The first-order valence-corrected chi connectivity index (χ1v) is 13.7. The summed E-state index contributed by atoms with van der Waals surface area (Å²) in [6, 6.07) is 12.6. The minimum Gasteiger partial charge on any atom is -0.494 e. The summed E-state index contributed by atoms with van der Waals surface area (Å²) in [5.74, 6) is 3.27. The van der Waals surface area contributed by atoms with Crippen LogP contribution in [0.2, 0.25) is 0 Å². The number of rotatable bonds is 7. The zero-order chi connectivity index (χ0) is 28.4. The molecule has 2 aliphatic rings. The Morgan fingerprint density at radius 1 is 1.10 bits per heavy atom. The van der Waals surface area contributed by atoms with Crippen molar-refractivity contribution in [3.05, 3.63) is 54.7 Å². The first kappa shape index (κ1) is 25.3. The fourth-order valence-electron chi connectivity index (χ4n) is 6.46.